The van der Waals surface area contributed by atoms with Gasteiger partial charge < -0.3 is 4.52 Å². The van der Waals surface area contributed by atoms with Crippen LogP contribution >= 0.6 is 11.8 Å². The lowest BCUT2D eigenvalue weighted by Gasteiger charge is -1.91. The van der Waals surface area contributed by atoms with Gasteiger partial charge in [0.15, 0.2) is 5.12 Å². The Morgan fingerprint density at radius 1 is 1.82 bits per heavy atom. The van der Waals surface area contributed by atoms with Gasteiger partial charge in [-0.15, -0.1) is 0 Å². The minimum atomic E-state index is 0.140. The molecule has 1 rings (SSSR count). The quantitative estimate of drug-likeness (QED) is 0.691. The van der Waals surface area contributed by atoms with Crippen LogP contribution in [0.25, 0.3) is 0 Å². The predicted octanol–water partition coefficient (Wildman–Crippen LogP) is 1.50. The topological polar surface area (TPSA) is 43.1 Å². The van der Waals surface area contributed by atoms with E-state index in [0.717, 1.165) is 5.75 Å². The van der Waals surface area contributed by atoms with Gasteiger partial charge in [-0.05, 0) is 5.75 Å². The Morgan fingerprint density at radius 3 is 3.18 bits per heavy atom. The Morgan fingerprint density at radius 2 is 2.64 bits per heavy atom. The van der Waals surface area contributed by atoms with Gasteiger partial charge in [-0.3, -0.25) is 4.79 Å². The van der Waals surface area contributed by atoms with Gasteiger partial charge in [-0.1, -0.05) is 23.8 Å². The van der Waals surface area contributed by atoms with Gasteiger partial charge in [0, 0.05) is 6.07 Å². The van der Waals surface area contributed by atoms with Crippen LogP contribution in [0.4, 0.5) is 0 Å². The summed E-state index contributed by atoms with van der Waals surface area (Å²) in [6.45, 7) is 1.95. The van der Waals surface area contributed by atoms with Crippen LogP contribution in [0.1, 0.15) is 12.6 Å². The molecule has 0 spiro atoms. The Labute approximate surface area is 69.1 Å². The second-order valence-electron chi connectivity index (χ2n) is 1.97. The molecule has 0 aromatic carbocycles. The molecule has 1 aromatic rings. The van der Waals surface area contributed by atoms with E-state index >= 15 is 0 Å². The van der Waals surface area contributed by atoms with Crippen molar-refractivity contribution < 1.29 is 9.32 Å². The summed E-state index contributed by atoms with van der Waals surface area (Å²) in [5.74, 6) is 0.816. The zero-order chi connectivity index (χ0) is 8.10. The molecule has 1 aromatic heterocycles. The number of rotatable bonds is 3. The molecule has 0 amide bonds. The second kappa shape index (κ2) is 4.18. The highest BCUT2D eigenvalue weighted by Crippen LogP contribution is 2.06. The van der Waals surface area contributed by atoms with Crippen LogP contribution in [0.2, 0.25) is 0 Å². The van der Waals surface area contributed by atoms with E-state index in [2.05, 4.69) is 9.68 Å². The van der Waals surface area contributed by atoms with Gasteiger partial charge in [0.25, 0.3) is 0 Å². The largest absolute Gasteiger partial charge is 0.364 e. The fraction of sp³-hybridized carbons (Fsp3) is 0.429. The van der Waals surface area contributed by atoms with Crippen LogP contribution in [-0.2, 0) is 11.2 Å². The summed E-state index contributed by atoms with van der Waals surface area (Å²) in [6, 6.07) is 1.70. The third kappa shape index (κ3) is 2.76. The first-order chi connectivity index (χ1) is 5.33. The zero-order valence-electron chi connectivity index (χ0n) is 6.24. The maximum atomic E-state index is 11.0. The second-order valence-corrected chi connectivity index (χ2v) is 3.29. The van der Waals surface area contributed by atoms with E-state index in [1.165, 1.54) is 18.0 Å². The van der Waals surface area contributed by atoms with Crippen molar-refractivity contribution in [2.75, 3.05) is 5.75 Å². The SMILES string of the molecule is CCSC(=O)Cc1ccon1. The van der Waals surface area contributed by atoms with Crippen LogP contribution in [0.3, 0.4) is 0 Å². The Hall–Kier alpha value is -0.770. The predicted molar refractivity (Wildman–Crippen MR) is 43.3 cm³/mol. The van der Waals surface area contributed by atoms with E-state index in [4.69, 9.17) is 0 Å². The molecule has 0 aliphatic rings. The van der Waals surface area contributed by atoms with Gasteiger partial charge >= 0.3 is 0 Å². The lowest BCUT2D eigenvalue weighted by atomic mass is 10.3. The van der Waals surface area contributed by atoms with Crippen LogP contribution in [0.15, 0.2) is 16.9 Å². The highest BCUT2D eigenvalue weighted by atomic mass is 32.2. The van der Waals surface area contributed by atoms with Crippen molar-refractivity contribution in [2.45, 2.75) is 13.3 Å². The van der Waals surface area contributed by atoms with E-state index in [0.29, 0.717) is 12.1 Å². The average Bonchev–Trinajstić information content (AvgIpc) is 2.40. The van der Waals surface area contributed by atoms with E-state index in [-0.39, 0.29) is 5.12 Å². The number of nitrogens with zero attached hydrogens (tertiary/aromatic N) is 1. The molecular weight excluding hydrogens is 162 g/mol. The van der Waals surface area contributed by atoms with Gasteiger partial charge in [0.2, 0.25) is 0 Å². The summed E-state index contributed by atoms with van der Waals surface area (Å²) < 4.78 is 4.58. The minimum Gasteiger partial charge on any atom is -0.364 e. The molecular formula is C7H9NO2S. The van der Waals surface area contributed by atoms with Gasteiger partial charge in [-0.2, -0.15) is 0 Å². The lowest BCUT2D eigenvalue weighted by Crippen LogP contribution is -1.97. The molecule has 0 aliphatic carbocycles. The molecule has 0 bridgehead atoms. The van der Waals surface area contributed by atoms with Crippen LogP contribution in [0.5, 0.6) is 0 Å². The third-order valence-electron chi connectivity index (χ3n) is 1.12. The summed E-state index contributed by atoms with van der Waals surface area (Å²) in [5, 5.41) is 3.77. The number of carbonyl (C=O) groups excluding carboxylic acids is 1. The van der Waals surface area contributed by atoms with Crippen molar-refractivity contribution in [3.63, 3.8) is 0 Å². The highest BCUT2D eigenvalue weighted by Gasteiger charge is 2.04. The van der Waals surface area contributed by atoms with Crippen molar-refractivity contribution in [3.05, 3.63) is 18.0 Å². The Bertz CT molecular complexity index is 220. The van der Waals surface area contributed by atoms with Crippen LogP contribution in [-0.4, -0.2) is 16.0 Å². The fourth-order valence-electron chi connectivity index (χ4n) is 0.689. The van der Waals surface area contributed by atoms with Crippen molar-refractivity contribution in [1.82, 2.24) is 5.16 Å². The Balaban J connectivity index is 2.37. The smallest absolute Gasteiger partial charge is 0.195 e. The minimum absolute atomic E-state index is 0.140. The molecule has 1 heterocycles. The molecule has 0 N–H and O–H groups in total. The van der Waals surface area contributed by atoms with E-state index < -0.39 is 0 Å². The van der Waals surface area contributed by atoms with Crippen molar-refractivity contribution in [3.8, 4) is 0 Å². The molecule has 0 atom stereocenters. The molecule has 3 nitrogen and oxygen atoms in total. The van der Waals surface area contributed by atoms with Crippen molar-refractivity contribution in [1.29, 1.82) is 0 Å². The summed E-state index contributed by atoms with van der Waals surface area (Å²) in [7, 11) is 0. The summed E-state index contributed by atoms with van der Waals surface area (Å²) in [4.78, 5) is 11.0. The fourth-order valence-corrected chi connectivity index (χ4v) is 1.26. The molecule has 0 saturated carbocycles. The summed E-state index contributed by atoms with van der Waals surface area (Å²) in [6.07, 6.45) is 1.84. The lowest BCUT2D eigenvalue weighted by molar-refractivity contribution is -0.110. The molecule has 0 aliphatic heterocycles. The average molecular weight is 171 g/mol. The molecule has 0 saturated heterocycles. The van der Waals surface area contributed by atoms with E-state index in [1.807, 2.05) is 6.92 Å². The van der Waals surface area contributed by atoms with Crippen LogP contribution in [0, 0.1) is 0 Å². The number of aromatic nitrogens is 1. The van der Waals surface area contributed by atoms with Crippen molar-refractivity contribution in [2.24, 2.45) is 0 Å². The van der Waals surface area contributed by atoms with Gasteiger partial charge in [0.05, 0.1) is 12.1 Å². The number of carbonyl (C=O) groups is 1. The summed E-state index contributed by atoms with van der Waals surface area (Å²) >= 11 is 1.31. The molecule has 4 heteroatoms. The Kier molecular flexibility index (Phi) is 3.16. The third-order valence-corrected chi connectivity index (χ3v) is 1.88. The molecule has 11 heavy (non-hydrogen) atoms. The van der Waals surface area contributed by atoms with Gasteiger partial charge in [0.1, 0.15) is 6.26 Å². The van der Waals surface area contributed by atoms with E-state index in [9.17, 15) is 4.79 Å². The van der Waals surface area contributed by atoms with Crippen LogP contribution < -0.4 is 0 Å². The molecule has 60 valence electrons. The number of hydrogen-bond acceptors (Lipinski definition) is 4. The first-order valence-corrected chi connectivity index (χ1v) is 4.36. The maximum Gasteiger partial charge on any atom is 0.195 e. The van der Waals surface area contributed by atoms with E-state index in [1.54, 1.807) is 6.07 Å². The first-order valence-electron chi connectivity index (χ1n) is 3.38. The summed E-state index contributed by atoms with van der Waals surface area (Å²) in [5.41, 5.74) is 0.705. The maximum absolute atomic E-state index is 11.0. The molecule has 0 radical (unpaired) electrons. The first kappa shape index (κ1) is 8.33. The highest BCUT2D eigenvalue weighted by molar-refractivity contribution is 8.13. The standard InChI is InChI=1S/C7H9NO2S/c1-2-11-7(9)5-6-3-4-10-8-6/h3-4H,2,5H2,1H3. The van der Waals surface area contributed by atoms with Crippen molar-refractivity contribution >= 4 is 16.9 Å². The molecule has 0 unspecified atom stereocenters. The monoisotopic (exact) mass is 171 g/mol. The number of hydrogen-bond donors (Lipinski definition) is 0. The zero-order valence-corrected chi connectivity index (χ0v) is 7.06. The normalized spacial score (nSPS) is 9.91. The number of thioether (sulfide) groups is 1. The molecule has 0 fully saturated rings. The van der Waals surface area contributed by atoms with Gasteiger partial charge in [-0.25, -0.2) is 0 Å².